The Morgan fingerprint density at radius 3 is 2.59 bits per heavy atom. The maximum absolute atomic E-state index is 12.9. The number of benzene rings is 2. The Bertz CT molecular complexity index is 1030. The SMILES string of the molecule is O=C(Cn1cnc2ccccc21)N1CCC(N2CCCC2COCc2ccccc2)CC1. The first-order valence-electron chi connectivity index (χ1n) is 11.8. The Balaban J connectivity index is 1.11. The minimum absolute atomic E-state index is 0.191. The van der Waals surface area contributed by atoms with Crippen LogP contribution in [0.1, 0.15) is 31.2 Å². The molecule has 32 heavy (non-hydrogen) atoms. The van der Waals surface area contributed by atoms with Crippen molar-refractivity contribution < 1.29 is 9.53 Å². The highest BCUT2D eigenvalue weighted by Crippen LogP contribution is 2.27. The zero-order valence-corrected chi connectivity index (χ0v) is 18.6. The second-order valence-corrected chi connectivity index (χ2v) is 9.01. The number of amides is 1. The van der Waals surface area contributed by atoms with Crippen molar-refractivity contribution in [1.29, 1.82) is 0 Å². The highest BCUT2D eigenvalue weighted by molar-refractivity contribution is 5.80. The maximum atomic E-state index is 12.9. The molecule has 2 aromatic carbocycles. The van der Waals surface area contributed by atoms with Crippen molar-refractivity contribution in [3.8, 4) is 0 Å². The lowest BCUT2D eigenvalue weighted by Crippen LogP contribution is -2.49. The van der Waals surface area contributed by atoms with Crippen LogP contribution in [0.3, 0.4) is 0 Å². The number of carbonyl (C=O) groups excluding carboxylic acids is 1. The zero-order valence-electron chi connectivity index (χ0n) is 18.6. The van der Waals surface area contributed by atoms with Crippen molar-refractivity contribution in [1.82, 2.24) is 19.4 Å². The third-order valence-electron chi connectivity index (χ3n) is 6.96. The molecule has 1 atom stereocenters. The van der Waals surface area contributed by atoms with Gasteiger partial charge in [0.2, 0.25) is 5.91 Å². The van der Waals surface area contributed by atoms with Crippen LogP contribution in [0.25, 0.3) is 11.0 Å². The van der Waals surface area contributed by atoms with E-state index in [1.165, 1.54) is 18.4 Å². The summed E-state index contributed by atoms with van der Waals surface area (Å²) in [6, 6.07) is 19.4. The number of nitrogens with zero attached hydrogens (tertiary/aromatic N) is 4. The van der Waals surface area contributed by atoms with Gasteiger partial charge in [-0.05, 0) is 49.9 Å². The van der Waals surface area contributed by atoms with Crippen molar-refractivity contribution in [3.63, 3.8) is 0 Å². The fourth-order valence-corrected chi connectivity index (χ4v) is 5.23. The molecule has 3 aromatic rings. The van der Waals surface area contributed by atoms with Gasteiger partial charge in [-0.3, -0.25) is 9.69 Å². The molecule has 0 saturated carbocycles. The summed E-state index contributed by atoms with van der Waals surface area (Å²) >= 11 is 0. The van der Waals surface area contributed by atoms with Gasteiger partial charge in [0.15, 0.2) is 0 Å². The second kappa shape index (κ2) is 9.84. The van der Waals surface area contributed by atoms with Crippen LogP contribution < -0.4 is 0 Å². The molecule has 0 radical (unpaired) electrons. The molecule has 0 bridgehead atoms. The Labute approximate surface area is 189 Å². The summed E-state index contributed by atoms with van der Waals surface area (Å²) in [5, 5.41) is 0. The Morgan fingerprint density at radius 2 is 1.75 bits per heavy atom. The molecule has 1 amide bonds. The molecule has 0 N–H and O–H groups in total. The average molecular weight is 433 g/mol. The summed E-state index contributed by atoms with van der Waals surface area (Å²) in [6.45, 7) is 4.67. The molecule has 6 nitrogen and oxygen atoms in total. The van der Waals surface area contributed by atoms with E-state index in [2.05, 4.69) is 34.1 Å². The first-order valence-corrected chi connectivity index (χ1v) is 11.8. The number of rotatable bonds is 7. The molecule has 0 spiro atoms. The van der Waals surface area contributed by atoms with Crippen LogP contribution in [-0.2, 0) is 22.7 Å². The van der Waals surface area contributed by atoms with Gasteiger partial charge in [0, 0.05) is 25.2 Å². The minimum Gasteiger partial charge on any atom is -0.375 e. The van der Waals surface area contributed by atoms with Crippen molar-refractivity contribution in [2.45, 2.75) is 50.9 Å². The number of hydrogen-bond donors (Lipinski definition) is 0. The van der Waals surface area contributed by atoms with Crippen molar-refractivity contribution in [2.24, 2.45) is 0 Å². The van der Waals surface area contributed by atoms with Gasteiger partial charge in [0.25, 0.3) is 0 Å². The molecule has 168 valence electrons. The highest BCUT2D eigenvalue weighted by atomic mass is 16.5. The highest BCUT2D eigenvalue weighted by Gasteiger charge is 2.33. The average Bonchev–Trinajstić information content (AvgIpc) is 3.47. The Morgan fingerprint density at radius 1 is 0.969 bits per heavy atom. The number of hydrogen-bond acceptors (Lipinski definition) is 4. The summed E-state index contributed by atoms with van der Waals surface area (Å²) in [4.78, 5) is 22.0. The van der Waals surface area contributed by atoms with E-state index < -0.39 is 0 Å². The van der Waals surface area contributed by atoms with Crippen molar-refractivity contribution in [2.75, 3.05) is 26.2 Å². The van der Waals surface area contributed by atoms with E-state index in [1.54, 1.807) is 6.33 Å². The predicted octanol–water partition coefficient (Wildman–Crippen LogP) is 3.71. The zero-order chi connectivity index (χ0) is 21.8. The predicted molar refractivity (Wildman–Crippen MR) is 125 cm³/mol. The van der Waals surface area contributed by atoms with E-state index in [1.807, 2.05) is 39.8 Å². The van der Waals surface area contributed by atoms with E-state index in [-0.39, 0.29) is 5.91 Å². The number of likely N-dealkylation sites (tertiary alicyclic amines) is 2. The molecule has 2 fully saturated rings. The first-order chi connectivity index (χ1) is 15.8. The molecule has 1 aromatic heterocycles. The molecule has 2 aliphatic heterocycles. The van der Waals surface area contributed by atoms with Crippen LogP contribution in [-0.4, -0.2) is 63.6 Å². The van der Waals surface area contributed by atoms with E-state index in [4.69, 9.17) is 4.74 Å². The molecule has 0 aliphatic carbocycles. The second-order valence-electron chi connectivity index (χ2n) is 9.01. The number of carbonyl (C=O) groups is 1. The molecule has 1 unspecified atom stereocenters. The monoisotopic (exact) mass is 432 g/mol. The number of imidazole rings is 1. The Hall–Kier alpha value is -2.70. The van der Waals surface area contributed by atoms with Crippen LogP contribution in [0.2, 0.25) is 0 Å². The van der Waals surface area contributed by atoms with E-state index >= 15 is 0 Å². The fourth-order valence-electron chi connectivity index (χ4n) is 5.23. The van der Waals surface area contributed by atoms with Gasteiger partial charge in [-0.2, -0.15) is 0 Å². The van der Waals surface area contributed by atoms with Crippen molar-refractivity contribution >= 4 is 16.9 Å². The maximum Gasteiger partial charge on any atom is 0.242 e. The molecule has 2 saturated heterocycles. The van der Waals surface area contributed by atoms with Gasteiger partial charge in [0.1, 0.15) is 6.54 Å². The van der Waals surface area contributed by atoms with E-state index in [0.29, 0.717) is 25.2 Å². The number of ether oxygens (including phenoxy) is 1. The normalized spacial score (nSPS) is 20.2. The van der Waals surface area contributed by atoms with Gasteiger partial charge in [-0.1, -0.05) is 42.5 Å². The third-order valence-corrected chi connectivity index (χ3v) is 6.96. The summed E-state index contributed by atoms with van der Waals surface area (Å²) in [5.41, 5.74) is 3.19. The third kappa shape index (κ3) is 4.71. The number of aromatic nitrogens is 2. The lowest BCUT2D eigenvalue weighted by atomic mass is 10.0. The lowest BCUT2D eigenvalue weighted by Gasteiger charge is -2.39. The number of para-hydroxylation sites is 2. The molecule has 5 rings (SSSR count). The van der Waals surface area contributed by atoms with Crippen molar-refractivity contribution in [3.05, 3.63) is 66.5 Å². The topological polar surface area (TPSA) is 50.6 Å². The minimum atomic E-state index is 0.191. The lowest BCUT2D eigenvalue weighted by molar-refractivity contribution is -0.133. The number of fused-ring (bicyclic) bond motifs is 1. The van der Waals surface area contributed by atoms with Crippen LogP contribution >= 0.6 is 0 Å². The molecule has 3 heterocycles. The van der Waals surface area contributed by atoms with Gasteiger partial charge in [-0.25, -0.2) is 4.98 Å². The van der Waals surface area contributed by atoms with Gasteiger partial charge < -0.3 is 14.2 Å². The quantitative estimate of drug-likeness (QED) is 0.571. The van der Waals surface area contributed by atoms with Crippen LogP contribution in [0.15, 0.2) is 60.9 Å². The largest absolute Gasteiger partial charge is 0.375 e. The van der Waals surface area contributed by atoms with Crippen LogP contribution in [0, 0.1) is 0 Å². The smallest absolute Gasteiger partial charge is 0.242 e. The summed E-state index contributed by atoms with van der Waals surface area (Å²) < 4.78 is 8.03. The summed E-state index contributed by atoms with van der Waals surface area (Å²) in [5.74, 6) is 0.191. The number of piperidine rings is 1. The van der Waals surface area contributed by atoms with E-state index in [9.17, 15) is 4.79 Å². The van der Waals surface area contributed by atoms with Gasteiger partial charge in [0.05, 0.1) is 30.6 Å². The molecular weight excluding hydrogens is 400 g/mol. The molecular formula is C26H32N4O2. The van der Waals surface area contributed by atoms with Crippen LogP contribution in [0.4, 0.5) is 0 Å². The summed E-state index contributed by atoms with van der Waals surface area (Å²) in [7, 11) is 0. The molecule has 2 aliphatic rings. The Kier molecular flexibility index (Phi) is 6.51. The first kappa shape index (κ1) is 21.2. The molecule has 6 heteroatoms. The summed E-state index contributed by atoms with van der Waals surface area (Å²) in [6.07, 6.45) is 6.32. The van der Waals surface area contributed by atoms with Crippen LogP contribution in [0.5, 0.6) is 0 Å². The fraction of sp³-hybridized carbons (Fsp3) is 0.462. The van der Waals surface area contributed by atoms with Gasteiger partial charge >= 0.3 is 0 Å². The van der Waals surface area contributed by atoms with Gasteiger partial charge in [-0.15, -0.1) is 0 Å². The standard InChI is InChI=1S/C26H32N4O2/c31-26(17-29-20-27-24-10-4-5-11-25(24)29)28-15-12-22(13-16-28)30-14-6-9-23(30)19-32-18-21-7-2-1-3-8-21/h1-5,7-8,10-11,20,22-23H,6,9,12-19H2. The van der Waals surface area contributed by atoms with E-state index in [0.717, 1.165) is 50.1 Å².